The predicted octanol–water partition coefficient (Wildman–Crippen LogP) is 1.43. The van der Waals surface area contributed by atoms with Crippen LogP contribution in [0, 0.1) is 21.4 Å². The standard InChI is InChI=1S/C19H27N5O5S/c20-6-2-1-3-7-21-8-10-22(11-9-21)18-5-4-17(16-19(18)24(25)26)30(27,28)23-12-14-29-15-13-23/h4-5,16H,1-3,7-15H2. The van der Waals surface area contributed by atoms with Crippen LogP contribution in [-0.2, 0) is 14.8 Å². The van der Waals surface area contributed by atoms with E-state index in [4.69, 9.17) is 10.00 Å². The number of hydrogen-bond donors (Lipinski definition) is 0. The predicted molar refractivity (Wildman–Crippen MR) is 111 cm³/mol. The summed E-state index contributed by atoms with van der Waals surface area (Å²) in [5.41, 5.74) is 0.261. The Morgan fingerprint density at radius 1 is 1.10 bits per heavy atom. The first-order valence-corrected chi connectivity index (χ1v) is 11.6. The van der Waals surface area contributed by atoms with Crippen LogP contribution < -0.4 is 4.90 Å². The van der Waals surface area contributed by atoms with Crippen molar-refractivity contribution in [2.45, 2.75) is 24.2 Å². The maximum atomic E-state index is 12.8. The molecule has 0 amide bonds. The van der Waals surface area contributed by atoms with E-state index in [1.54, 1.807) is 6.07 Å². The van der Waals surface area contributed by atoms with Gasteiger partial charge in [0.25, 0.3) is 5.69 Å². The fraction of sp³-hybridized carbons (Fsp3) is 0.632. The maximum Gasteiger partial charge on any atom is 0.293 e. The fourth-order valence-electron chi connectivity index (χ4n) is 3.77. The molecule has 0 aromatic heterocycles. The lowest BCUT2D eigenvalue weighted by atomic mass is 10.2. The summed E-state index contributed by atoms with van der Waals surface area (Å²) in [4.78, 5) is 15.4. The van der Waals surface area contributed by atoms with E-state index in [2.05, 4.69) is 11.0 Å². The molecule has 2 aliphatic rings. The van der Waals surface area contributed by atoms with Gasteiger partial charge in [0.1, 0.15) is 5.69 Å². The number of nitro benzene ring substituents is 1. The summed E-state index contributed by atoms with van der Waals surface area (Å²) < 4.78 is 32.2. The van der Waals surface area contributed by atoms with Crippen molar-refractivity contribution < 1.29 is 18.1 Å². The van der Waals surface area contributed by atoms with Crippen LogP contribution in [-0.4, -0.2) is 81.6 Å². The zero-order valence-electron chi connectivity index (χ0n) is 16.9. The molecule has 0 N–H and O–H groups in total. The molecule has 0 bridgehead atoms. The lowest BCUT2D eigenvalue weighted by Gasteiger charge is -2.35. The first-order valence-electron chi connectivity index (χ1n) is 10.1. The van der Waals surface area contributed by atoms with Gasteiger partial charge in [-0.3, -0.25) is 15.0 Å². The summed E-state index contributed by atoms with van der Waals surface area (Å²) in [6, 6.07) is 6.33. The van der Waals surface area contributed by atoms with E-state index in [9.17, 15) is 18.5 Å². The second kappa shape index (κ2) is 10.2. The van der Waals surface area contributed by atoms with E-state index in [-0.39, 0.29) is 23.7 Å². The number of hydrogen-bond acceptors (Lipinski definition) is 8. The largest absolute Gasteiger partial charge is 0.379 e. The highest BCUT2D eigenvalue weighted by Gasteiger charge is 2.30. The number of ether oxygens (including phenoxy) is 1. The Bertz CT molecular complexity index is 887. The van der Waals surface area contributed by atoms with Crippen molar-refractivity contribution in [2.24, 2.45) is 0 Å². The smallest absolute Gasteiger partial charge is 0.293 e. The van der Waals surface area contributed by atoms with Crippen LogP contribution in [0.2, 0.25) is 0 Å². The fourth-order valence-corrected chi connectivity index (χ4v) is 5.19. The lowest BCUT2D eigenvalue weighted by Crippen LogP contribution is -2.46. The number of unbranched alkanes of at least 4 members (excludes halogenated alkanes) is 2. The van der Waals surface area contributed by atoms with Gasteiger partial charge in [0.2, 0.25) is 10.0 Å². The Hall–Kier alpha value is -2.26. The molecule has 10 nitrogen and oxygen atoms in total. The molecule has 30 heavy (non-hydrogen) atoms. The Balaban J connectivity index is 1.71. The maximum absolute atomic E-state index is 12.8. The topological polar surface area (TPSA) is 120 Å². The first kappa shape index (κ1) is 22.4. The van der Waals surface area contributed by atoms with Crippen molar-refractivity contribution in [3.63, 3.8) is 0 Å². The van der Waals surface area contributed by atoms with Crippen LogP contribution in [0.3, 0.4) is 0 Å². The summed E-state index contributed by atoms with van der Waals surface area (Å²) >= 11 is 0. The van der Waals surface area contributed by atoms with E-state index in [1.165, 1.54) is 16.4 Å². The van der Waals surface area contributed by atoms with Gasteiger partial charge in [-0.25, -0.2) is 8.42 Å². The van der Waals surface area contributed by atoms with Crippen LogP contribution in [0.5, 0.6) is 0 Å². The van der Waals surface area contributed by atoms with Crippen LogP contribution in [0.15, 0.2) is 23.1 Å². The highest BCUT2D eigenvalue weighted by atomic mass is 32.2. The number of sulfonamides is 1. The quantitative estimate of drug-likeness (QED) is 0.340. The van der Waals surface area contributed by atoms with Crippen LogP contribution >= 0.6 is 0 Å². The van der Waals surface area contributed by atoms with Crippen molar-refractivity contribution >= 4 is 21.4 Å². The number of anilines is 1. The van der Waals surface area contributed by atoms with E-state index in [0.717, 1.165) is 32.5 Å². The Morgan fingerprint density at radius 3 is 2.43 bits per heavy atom. The van der Waals surface area contributed by atoms with Gasteiger partial charge in [0.15, 0.2) is 0 Å². The average Bonchev–Trinajstić information content (AvgIpc) is 2.77. The molecule has 0 unspecified atom stereocenters. The van der Waals surface area contributed by atoms with Gasteiger partial charge in [0, 0.05) is 51.8 Å². The summed E-state index contributed by atoms with van der Waals surface area (Å²) in [7, 11) is -3.79. The molecule has 2 aliphatic heterocycles. The minimum absolute atomic E-state index is 0.0593. The molecule has 0 radical (unpaired) electrons. The zero-order valence-corrected chi connectivity index (χ0v) is 17.7. The molecular weight excluding hydrogens is 410 g/mol. The van der Waals surface area contributed by atoms with Crippen molar-refractivity contribution in [1.29, 1.82) is 5.26 Å². The Morgan fingerprint density at radius 2 is 1.80 bits per heavy atom. The van der Waals surface area contributed by atoms with Gasteiger partial charge < -0.3 is 9.64 Å². The highest BCUT2D eigenvalue weighted by molar-refractivity contribution is 7.89. The van der Waals surface area contributed by atoms with E-state index < -0.39 is 14.9 Å². The molecular formula is C19H27N5O5S. The van der Waals surface area contributed by atoms with Crippen LogP contribution in [0.4, 0.5) is 11.4 Å². The number of morpholine rings is 1. The van der Waals surface area contributed by atoms with Gasteiger partial charge in [0.05, 0.1) is 29.1 Å². The molecule has 0 aliphatic carbocycles. The summed E-state index contributed by atoms with van der Waals surface area (Å²) in [6.07, 6.45) is 2.40. The molecule has 2 saturated heterocycles. The SMILES string of the molecule is N#CCCCCN1CCN(c2ccc(S(=O)(=O)N3CCOCC3)cc2[N+](=O)[O-])CC1. The van der Waals surface area contributed by atoms with E-state index in [1.807, 2.05) is 4.90 Å². The third-order valence-corrected chi connectivity index (χ3v) is 7.37. The van der Waals surface area contributed by atoms with Crippen molar-refractivity contribution in [3.05, 3.63) is 28.3 Å². The Kier molecular flexibility index (Phi) is 7.60. The number of benzene rings is 1. The molecule has 2 heterocycles. The zero-order chi connectivity index (χ0) is 21.6. The normalized spacial score (nSPS) is 18.8. The van der Waals surface area contributed by atoms with Crippen molar-refractivity contribution in [1.82, 2.24) is 9.21 Å². The molecule has 11 heteroatoms. The Labute approximate surface area is 176 Å². The summed E-state index contributed by atoms with van der Waals surface area (Å²) in [6.45, 7) is 4.86. The lowest BCUT2D eigenvalue weighted by molar-refractivity contribution is -0.384. The van der Waals surface area contributed by atoms with Gasteiger partial charge in [-0.1, -0.05) is 0 Å². The molecule has 0 spiro atoms. The minimum Gasteiger partial charge on any atom is -0.379 e. The average molecular weight is 438 g/mol. The molecule has 3 rings (SSSR count). The van der Waals surface area contributed by atoms with E-state index >= 15 is 0 Å². The van der Waals surface area contributed by atoms with Crippen LogP contribution in [0.25, 0.3) is 0 Å². The molecule has 0 atom stereocenters. The number of nitrogens with zero attached hydrogens (tertiary/aromatic N) is 5. The third-order valence-electron chi connectivity index (χ3n) is 5.48. The molecule has 1 aromatic carbocycles. The summed E-state index contributed by atoms with van der Waals surface area (Å²) in [5, 5.41) is 20.3. The molecule has 0 saturated carbocycles. The van der Waals surface area contributed by atoms with Gasteiger partial charge in [-0.15, -0.1) is 0 Å². The number of nitro groups is 1. The highest BCUT2D eigenvalue weighted by Crippen LogP contribution is 2.32. The van der Waals surface area contributed by atoms with Gasteiger partial charge >= 0.3 is 0 Å². The van der Waals surface area contributed by atoms with Crippen molar-refractivity contribution in [2.75, 3.05) is 63.9 Å². The monoisotopic (exact) mass is 437 g/mol. The molecule has 164 valence electrons. The number of piperazine rings is 1. The van der Waals surface area contributed by atoms with Crippen LogP contribution in [0.1, 0.15) is 19.3 Å². The molecule has 2 fully saturated rings. The second-order valence-corrected chi connectivity index (χ2v) is 9.31. The number of rotatable bonds is 8. The summed E-state index contributed by atoms with van der Waals surface area (Å²) in [5.74, 6) is 0. The van der Waals surface area contributed by atoms with Gasteiger partial charge in [-0.2, -0.15) is 9.57 Å². The minimum atomic E-state index is -3.79. The second-order valence-electron chi connectivity index (χ2n) is 7.37. The number of nitriles is 1. The first-order chi connectivity index (χ1) is 14.4. The van der Waals surface area contributed by atoms with Gasteiger partial charge in [-0.05, 0) is 31.5 Å². The van der Waals surface area contributed by atoms with Crippen molar-refractivity contribution in [3.8, 4) is 6.07 Å². The molecule has 1 aromatic rings. The third kappa shape index (κ3) is 5.26. The van der Waals surface area contributed by atoms with E-state index in [0.29, 0.717) is 38.4 Å².